The van der Waals surface area contributed by atoms with Gasteiger partial charge in [0.05, 0.1) is 23.2 Å². The third-order valence-corrected chi connectivity index (χ3v) is 4.71. The first-order chi connectivity index (χ1) is 12.7. The quantitative estimate of drug-likeness (QED) is 0.730. The number of benzene rings is 2. The van der Waals surface area contributed by atoms with Crippen molar-refractivity contribution in [3.63, 3.8) is 0 Å². The van der Waals surface area contributed by atoms with Crippen LogP contribution < -0.4 is 10.1 Å². The maximum Gasteiger partial charge on any atom is 0.289 e. The number of hydrogen-bond acceptors (Lipinski definition) is 5. The molecule has 1 amide bonds. The van der Waals surface area contributed by atoms with E-state index < -0.39 is 0 Å². The summed E-state index contributed by atoms with van der Waals surface area (Å²) in [5.74, 6) is 1.32. The van der Waals surface area contributed by atoms with E-state index in [9.17, 15) is 4.79 Å². The Bertz CT molecular complexity index is 1040. The molecule has 1 aromatic heterocycles. The summed E-state index contributed by atoms with van der Waals surface area (Å²) in [6.07, 6.45) is 3.73. The number of hydrogen-bond donors (Lipinski definition) is 1. The van der Waals surface area contributed by atoms with Crippen molar-refractivity contribution in [3.05, 3.63) is 71.3 Å². The van der Waals surface area contributed by atoms with Crippen LogP contribution in [0.3, 0.4) is 0 Å². The molecule has 4 rings (SSSR count). The third-order valence-electron chi connectivity index (χ3n) is 3.89. The van der Waals surface area contributed by atoms with Crippen LogP contribution in [0.4, 0.5) is 10.5 Å². The number of fused-ring (bicyclic) bond motifs is 1. The van der Waals surface area contributed by atoms with E-state index in [1.54, 1.807) is 13.3 Å². The molecule has 0 bridgehead atoms. The van der Waals surface area contributed by atoms with Crippen LogP contribution in [-0.4, -0.2) is 23.2 Å². The van der Waals surface area contributed by atoms with Crippen molar-refractivity contribution in [1.82, 2.24) is 10.3 Å². The predicted octanol–water partition coefficient (Wildman–Crippen LogP) is 4.77. The Morgan fingerprint density at radius 3 is 2.81 bits per heavy atom. The Balaban J connectivity index is 1.68. The average Bonchev–Trinajstić information content (AvgIpc) is 3.01. The lowest BCUT2D eigenvalue weighted by Gasteiger charge is -2.03. The van der Waals surface area contributed by atoms with Crippen molar-refractivity contribution in [1.29, 1.82) is 0 Å². The minimum Gasteiger partial charge on any atom is -0.497 e. The van der Waals surface area contributed by atoms with E-state index in [0.29, 0.717) is 5.84 Å². The Hall–Kier alpha value is -3.12. The van der Waals surface area contributed by atoms with Crippen molar-refractivity contribution < 1.29 is 9.53 Å². The summed E-state index contributed by atoms with van der Waals surface area (Å²) in [5, 5.41) is 3.72. The topological polar surface area (TPSA) is 63.6 Å². The first-order valence-corrected chi connectivity index (χ1v) is 8.81. The summed E-state index contributed by atoms with van der Waals surface area (Å²) in [6.45, 7) is 0. The normalized spacial score (nSPS) is 17.0. The highest BCUT2D eigenvalue weighted by Crippen LogP contribution is 2.29. The molecule has 6 heteroatoms. The highest BCUT2D eigenvalue weighted by atomic mass is 32.2. The molecule has 2 heterocycles. The second-order valence-corrected chi connectivity index (χ2v) is 6.65. The molecule has 5 nitrogen and oxygen atoms in total. The van der Waals surface area contributed by atoms with Gasteiger partial charge in [-0.3, -0.25) is 9.78 Å². The number of amidine groups is 1. The molecular weight excluding hydrogens is 346 g/mol. The molecule has 1 aliphatic heterocycles. The zero-order valence-electron chi connectivity index (χ0n) is 14.0. The van der Waals surface area contributed by atoms with Crippen LogP contribution in [0.2, 0.25) is 0 Å². The van der Waals surface area contributed by atoms with Gasteiger partial charge in [-0.05, 0) is 65.9 Å². The van der Waals surface area contributed by atoms with Crippen LogP contribution in [0.1, 0.15) is 5.56 Å². The molecule has 0 aliphatic carbocycles. The van der Waals surface area contributed by atoms with Gasteiger partial charge < -0.3 is 10.1 Å². The van der Waals surface area contributed by atoms with Crippen LogP contribution >= 0.6 is 11.8 Å². The molecule has 1 saturated heterocycles. The molecular formula is C20H15N3O2S. The Morgan fingerprint density at radius 2 is 2.00 bits per heavy atom. The van der Waals surface area contributed by atoms with Crippen LogP contribution in [-0.2, 0) is 0 Å². The average molecular weight is 361 g/mol. The van der Waals surface area contributed by atoms with E-state index in [2.05, 4.69) is 15.3 Å². The SMILES string of the molecule is COc1ccc(N=C2NC(=O)SC2=Cc2ccc3ncccc3c2)cc1. The standard InChI is InChI=1S/C20H15N3O2S/c1-25-16-7-5-15(6-8-16)22-19-18(26-20(24)23-19)12-13-4-9-17-14(11-13)3-2-10-21-17/h2-12H,1H3,(H,22,23,24). The Labute approximate surface area is 154 Å². The minimum atomic E-state index is -0.133. The van der Waals surface area contributed by atoms with E-state index >= 15 is 0 Å². The fourth-order valence-electron chi connectivity index (χ4n) is 2.63. The largest absolute Gasteiger partial charge is 0.497 e. The number of pyridine rings is 1. The number of rotatable bonds is 3. The van der Waals surface area contributed by atoms with Gasteiger partial charge in [0.1, 0.15) is 11.6 Å². The van der Waals surface area contributed by atoms with Gasteiger partial charge in [-0.2, -0.15) is 0 Å². The monoisotopic (exact) mass is 361 g/mol. The van der Waals surface area contributed by atoms with Crippen molar-refractivity contribution in [3.8, 4) is 5.75 Å². The van der Waals surface area contributed by atoms with Crippen molar-refractivity contribution in [2.24, 2.45) is 4.99 Å². The number of thioether (sulfide) groups is 1. The highest BCUT2D eigenvalue weighted by molar-refractivity contribution is 8.18. The molecule has 0 unspecified atom stereocenters. The van der Waals surface area contributed by atoms with Gasteiger partial charge in [0, 0.05) is 11.6 Å². The van der Waals surface area contributed by atoms with Gasteiger partial charge in [0.15, 0.2) is 0 Å². The summed E-state index contributed by atoms with van der Waals surface area (Å²) in [4.78, 5) is 21.5. The second-order valence-electron chi connectivity index (χ2n) is 5.64. The maximum atomic E-state index is 11.9. The Kier molecular flexibility index (Phi) is 4.41. The number of amides is 1. The van der Waals surface area contributed by atoms with Crippen LogP contribution in [0.25, 0.3) is 17.0 Å². The smallest absolute Gasteiger partial charge is 0.289 e. The lowest BCUT2D eigenvalue weighted by Crippen LogP contribution is -2.18. The van der Waals surface area contributed by atoms with E-state index in [1.807, 2.05) is 60.7 Å². The van der Waals surface area contributed by atoms with Crippen molar-refractivity contribution in [2.45, 2.75) is 0 Å². The molecule has 26 heavy (non-hydrogen) atoms. The second kappa shape index (κ2) is 7.01. The third kappa shape index (κ3) is 3.45. The summed E-state index contributed by atoms with van der Waals surface area (Å²) in [6, 6.07) is 17.3. The molecule has 2 aromatic carbocycles. The van der Waals surface area contributed by atoms with Gasteiger partial charge >= 0.3 is 0 Å². The van der Waals surface area contributed by atoms with Gasteiger partial charge in [-0.25, -0.2) is 4.99 Å². The van der Waals surface area contributed by atoms with Crippen LogP contribution in [0.15, 0.2) is 70.7 Å². The van der Waals surface area contributed by atoms with Gasteiger partial charge in [-0.15, -0.1) is 0 Å². The van der Waals surface area contributed by atoms with Crippen molar-refractivity contribution in [2.75, 3.05) is 7.11 Å². The first-order valence-electron chi connectivity index (χ1n) is 8.00. The summed E-state index contributed by atoms with van der Waals surface area (Å²) in [5.41, 5.74) is 2.68. The molecule has 0 saturated carbocycles. The summed E-state index contributed by atoms with van der Waals surface area (Å²) >= 11 is 1.14. The molecule has 1 aliphatic rings. The first kappa shape index (κ1) is 16.4. The van der Waals surface area contributed by atoms with Gasteiger partial charge in [-0.1, -0.05) is 12.1 Å². The summed E-state index contributed by atoms with van der Waals surface area (Å²) in [7, 11) is 1.62. The number of carbonyl (C=O) groups excluding carboxylic acids is 1. The molecule has 0 atom stereocenters. The summed E-state index contributed by atoms with van der Waals surface area (Å²) < 4.78 is 5.15. The lowest BCUT2D eigenvalue weighted by atomic mass is 10.1. The number of aliphatic imine (C=N–C) groups is 1. The van der Waals surface area contributed by atoms with Crippen molar-refractivity contribution >= 4 is 45.5 Å². The predicted molar refractivity (Wildman–Crippen MR) is 106 cm³/mol. The maximum absolute atomic E-state index is 11.9. The number of aromatic nitrogens is 1. The van der Waals surface area contributed by atoms with E-state index in [4.69, 9.17) is 4.74 Å². The van der Waals surface area contributed by atoms with Gasteiger partial charge in [0.25, 0.3) is 5.24 Å². The van der Waals surface area contributed by atoms with E-state index in [1.165, 1.54) is 0 Å². The lowest BCUT2D eigenvalue weighted by molar-refractivity contribution is 0.265. The van der Waals surface area contributed by atoms with Gasteiger partial charge in [0.2, 0.25) is 0 Å². The number of ether oxygens (including phenoxy) is 1. The molecule has 0 spiro atoms. The molecule has 1 fully saturated rings. The Morgan fingerprint density at radius 1 is 1.15 bits per heavy atom. The molecule has 128 valence electrons. The molecule has 3 aromatic rings. The zero-order chi connectivity index (χ0) is 17.9. The zero-order valence-corrected chi connectivity index (χ0v) is 14.8. The van der Waals surface area contributed by atoms with E-state index in [-0.39, 0.29) is 5.24 Å². The highest BCUT2D eigenvalue weighted by Gasteiger charge is 2.23. The van der Waals surface area contributed by atoms with E-state index in [0.717, 1.165) is 44.6 Å². The fraction of sp³-hybridized carbons (Fsp3) is 0.0500. The number of methoxy groups -OCH3 is 1. The molecule has 1 N–H and O–H groups in total. The number of nitrogens with zero attached hydrogens (tertiary/aromatic N) is 2. The molecule has 0 radical (unpaired) electrons. The fourth-order valence-corrected chi connectivity index (χ4v) is 3.37. The number of carbonyl (C=O) groups is 1. The van der Waals surface area contributed by atoms with Crippen LogP contribution in [0.5, 0.6) is 5.75 Å². The number of nitrogens with one attached hydrogen (secondary N) is 1. The minimum absolute atomic E-state index is 0.133. The van der Waals surface area contributed by atoms with Crippen LogP contribution in [0, 0.1) is 0 Å².